The first kappa shape index (κ1) is 17.3. The Balaban J connectivity index is 1.39. The van der Waals surface area contributed by atoms with E-state index in [-0.39, 0.29) is 0 Å². The first-order valence-corrected chi connectivity index (χ1v) is 9.82. The minimum absolute atomic E-state index is 0.734. The van der Waals surface area contributed by atoms with Gasteiger partial charge in [0.25, 0.3) is 0 Å². The van der Waals surface area contributed by atoms with E-state index in [9.17, 15) is 5.21 Å². The van der Waals surface area contributed by atoms with Crippen LogP contribution in [0.15, 0.2) is 85.5 Å². The van der Waals surface area contributed by atoms with Crippen molar-refractivity contribution in [1.29, 1.82) is 0 Å². The Morgan fingerprint density at radius 3 is 1.68 bits per heavy atom. The minimum atomic E-state index is 0.734. The predicted octanol–water partition coefficient (Wildman–Crippen LogP) is 4.47. The van der Waals surface area contributed by atoms with Gasteiger partial charge in [0.1, 0.15) is 11.6 Å². The summed E-state index contributed by atoms with van der Waals surface area (Å²) in [5, 5.41) is 11.3. The first-order valence-electron chi connectivity index (χ1n) is 9.82. The number of benzene rings is 2. The maximum absolute atomic E-state index is 11.3. The van der Waals surface area contributed by atoms with Crippen LogP contribution in [0.4, 0.5) is 0 Å². The molecule has 0 unspecified atom stereocenters. The summed E-state index contributed by atoms with van der Waals surface area (Å²) in [7, 11) is 0. The summed E-state index contributed by atoms with van der Waals surface area (Å²) in [4.78, 5) is 20.2. The second-order valence-electron chi connectivity index (χ2n) is 7.32. The van der Waals surface area contributed by atoms with Crippen LogP contribution in [0.5, 0.6) is 0 Å². The highest BCUT2D eigenvalue weighted by Gasteiger charge is 2.10. The summed E-state index contributed by atoms with van der Waals surface area (Å²) < 4.78 is 0.759. The lowest BCUT2D eigenvalue weighted by Crippen LogP contribution is -2.23. The standard InChI is InChI=1S/C24H16N6O/c31-30-11-7-16(8-12-30)24-27-20-4-2-18(14-22(20)29-24)17-1-3-19-21(13-17)28-23(26-19)15-5-9-25-10-6-15/h1-14H,(H,26,28)(H,27,29). The van der Waals surface area contributed by atoms with Gasteiger partial charge in [-0.15, -0.1) is 0 Å². The smallest absolute Gasteiger partial charge is 0.181 e. The number of pyridine rings is 2. The predicted molar refractivity (Wildman–Crippen MR) is 119 cm³/mol. The van der Waals surface area contributed by atoms with Gasteiger partial charge < -0.3 is 15.2 Å². The second-order valence-corrected chi connectivity index (χ2v) is 7.32. The quantitative estimate of drug-likeness (QED) is 0.336. The second kappa shape index (κ2) is 6.77. The molecule has 0 atom stereocenters. The SMILES string of the molecule is [O-][n+]1ccc(-c2nc3cc(-c4ccc5[nH]c(-c6ccncc6)nc5c4)ccc3[nH]2)cc1. The fourth-order valence-corrected chi connectivity index (χ4v) is 3.72. The molecule has 0 aliphatic rings. The van der Waals surface area contributed by atoms with Crippen LogP contribution in [-0.2, 0) is 0 Å². The minimum Gasteiger partial charge on any atom is -0.619 e. The van der Waals surface area contributed by atoms with Gasteiger partial charge in [0, 0.05) is 35.7 Å². The molecule has 0 amide bonds. The summed E-state index contributed by atoms with van der Waals surface area (Å²) in [6.45, 7) is 0. The van der Waals surface area contributed by atoms with Crippen molar-refractivity contribution < 1.29 is 4.73 Å². The molecule has 6 aromatic rings. The summed E-state index contributed by atoms with van der Waals surface area (Å²) >= 11 is 0. The molecule has 0 saturated heterocycles. The topological polar surface area (TPSA) is 97.2 Å². The molecule has 2 N–H and O–H groups in total. The summed E-state index contributed by atoms with van der Waals surface area (Å²) in [6.07, 6.45) is 6.45. The van der Waals surface area contributed by atoms with Crippen LogP contribution in [0.1, 0.15) is 0 Å². The monoisotopic (exact) mass is 404 g/mol. The van der Waals surface area contributed by atoms with Gasteiger partial charge in [0.2, 0.25) is 0 Å². The van der Waals surface area contributed by atoms with Crippen LogP contribution >= 0.6 is 0 Å². The van der Waals surface area contributed by atoms with E-state index in [4.69, 9.17) is 9.97 Å². The number of imidazole rings is 2. The molecule has 2 aromatic carbocycles. The average Bonchev–Trinajstić information content (AvgIpc) is 3.43. The maximum Gasteiger partial charge on any atom is 0.181 e. The van der Waals surface area contributed by atoms with Crippen LogP contribution < -0.4 is 4.73 Å². The number of nitrogens with zero attached hydrogens (tertiary/aromatic N) is 4. The number of rotatable bonds is 3. The highest BCUT2D eigenvalue weighted by molar-refractivity contribution is 5.88. The molecule has 4 aromatic heterocycles. The number of nitrogens with one attached hydrogen (secondary N) is 2. The van der Waals surface area contributed by atoms with Crippen molar-refractivity contribution in [3.8, 4) is 33.9 Å². The summed E-state index contributed by atoms with van der Waals surface area (Å²) in [5.41, 5.74) is 7.70. The van der Waals surface area contributed by atoms with E-state index in [2.05, 4.69) is 39.2 Å². The molecule has 0 aliphatic heterocycles. The fourth-order valence-electron chi connectivity index (χ4n) is 3.72. The van der Waals surface area contributed by atoms with Gasteiger partial charge in [-0.1, -0.05) is 12.1 Å². The van der Waals surface area contributed by atoms with Crippen molar-refractivity contribution in [2.24, 2.45) is 0 Å². The van der Waals surface area contributed by atoms with Gasteiger partial charge in [-0.05, 0) is 47.5 Å². The third-order valence-corrected chi connectivity index (χ3v) is 5.33. The summed E-state index contributed by atoms with van der Waals surface area (Å²) in [6, 6.07) is 19.7. The molecule has 0 fully saturated rings. The number of aromatic amines is 2. The Bertz CT molecular complexity index is 1530. The molecule has 7 nitrogen and oxygen atoms in total. The largest absolute Gasteiger partial charge is 0.619 e. The molecule has 6 rings (SSSR count). The molecule has 0 radical (unpaired) electrons. The van der Waals surface area contributed by atoms with Crippen LogP contribution in [0.25, 0.3) is 56.0 Å². The Hall–Kier alpha value is -4.52. The maximum atomic E-state index is 11.3. The lowest BCUT2D eigenvalue weighted by Gasteiger charge is -2.01. The average molecular weight is 404 g/mol. The van der Waals surface area contributed by atoms with Crippen molar-refractivity contribution in [3.05, 3.63) is 90.7 Å². The zero-order valence-corrected chi connectivity index (χ0v) is 16.3. The lowest BCUT2D eigenvalue weighted by atomic mass is 10.0. The van der Waals surface area contributed by atoms with E-state index >= 15 is 0 Å². The van der Waals surface area contributed by atoms with Crippen LogP contribution in [0.2, 0.25) is 0 Å². The molecule has 7 heteroatoms. The molecular weight excluding hydrogens is 388 g/mol. The van der Waals surface area contributed by atoms with Gasteiger partial charge >= 0.3 is 0 Å². The van der Waals surface area contributed by atoms with Gasteiger partial charge in [-0.3, -0.25) is 4.98 Å². The molecule has 0 spiro atoms. The summed E-state index contributed by atoms with van der Waals surface area (Å²) in [5.74, 6) is 1.56. The van der Waals surface area contributed by atoms with Crippen LogP contribution in [0, 0.1) is 5.21 Å². The van der Waals surface area contributed by atoms with E-state index in [1.165, 1.54) is 12.4 Å². The van der Waals surface area contributed by atoms with E-state index in [0.29, 0.717) is 0 Å². The van der Waals surface area contributed by atoms with Gasteiger partial charge in [-0.2, -0.15) is 4.73 Å². The first-order chi connectivity index (χ1) is 15.2. The molecule has 0 aliphatic carbocycles. The number of H-pyrrole nitrogens is 2. The lowest BCUT2D eigenvalue weighted by molar-refractivity contribution is -0.605. The van der Waals surface area contributed by atoms with Crippen molar-refractivity contribution >= 4 is 22.1 Å². The van der Waals surface area contributed by atoms with Crippen molar-refractivity contribution in [2.45, 2.75) is 0 Å². The van der Waals surface area contributed by atoms with Crippen LogP contribution in [-0.4, -0.2) is 24.9 Å². The normalized spacial score (nSPS) is 11.4. The Labute approximate surface area is 176 Å². The molecule has 0 saturated carbocycles. The zero-order valence-electron chi connectivity index (χ0n) is 16.3. The molecule has 31 heavy (non-hydrogen) atoms. The third kappa shape index (κ3) is 3.08. The van der Waals surface area contributed by atoms with Gasteiger partial charge in [0.05, 0.1) is 22.1 Å². The van der Waals surface area contributed by atoms with Gasteiger partial charge in [0.15, 0.2) is 12.4 Å². The molecule has 148 valence electrons. The van der Waals surface area contributed by atoms with Crippen molar-refractivity contribution in [3.63, 3.8) is 0 Å². The highest BCUT2D eigenvalue weighted by Crippen LogP contribution is 2.29. The zero-order chi connectivity index (χ0) is 20.8. The molecule has 4 heterocycles. The highest BCUT2D eigenvalue weighted by atomic mass is 16.5. The Kier molecular flexibility index (Phi) is 3.79. The molecule has 0 bridgehead atoms. The van der Waals surface area contributed by atoms with Gasteiger partial charge in [-0.25, -0.2) is 9.97 Å². The van der Waals surface area contributed by atoms with E-state index in [1.807, 2.05) is 24.3 Å². The third-order valence-electron chi connectivity index (χ3n) is 5.33. The number of hydrogen-bond donors (Lipinski definition) is 2. The van der Waals surface area contributed by atoms with E-state index in [1.54, 1.807) is 24.5 Å². The Morgan fingerprint density at radius 1 is 0.613 bits per heavy atom. The molecular formula is C24H16N6O. The number of hydrogen-bond acceptors (Lipinski definition) is 4. The van der Waals surface area contributed by atoms with Crippen LogP contribution in [0.3, 0.4) is 0 Å². The van der Waals surface area contributed by atoms with E-state index in [0.717, 1.165) is 60.7 Å². The fraction of sp³-hybridized carbons (Fsp3) is 0. The number of aromatic nitrogens is 6. The van der Waals surface area contributed by atoms with Crippen molar-refractivity contribution in [1.82, 2.24) is 24.9 Å². The van der Waals surface area contributed by atoms with E-state index < -0.39 is 0 Å². The van der Waals surface area contributed by atoms with Crippen molar-refractivity contribution in [2.75, 3.05) is 0 Å². The Morgan fingerprint density at radius 2 is 1.13 bits per heavy atom. The number of fused-ring (bicyclic) bond motifs is 2.